The van der Waals surface area contributed by atoms with E-state index in [-0.39, 0.29) is 5.56 Å². The van der Waals surface area contributed by atoms with Crippen LogP contribution in [0.1, 0.15) is 30.6 Å². The standard InChI is InChI=1S/C20H20FN3O2/c1-12(2)7-8-22-19-16-9-13(4-6-18(16)23-11-24-19)14-3-5-15(20(25)26)17(21)10-14/h3-6,9-12H,7-8H2,1-2H3,(H,25,26)(H,22,23,24). The van der Waals surface area contributed by atoms with Gasteiger partial charge in [-0.15, -0.1) is 0 Å². The fraction of sp³-hybridized carbons (Fsp3) is 0.250. The molecule has 0 radical (unpaired) electrons. The quantitative estimate of drug-likeness (QED) is 0.678. The molecule has 6 heteroatoms. The highest BCUT2D eigenvalue weighted by atomic mass is 19.1. The molecule has 134 valence electrons. The maximum absolute atomic E-state index is 14.0. The highest BCUT2D eigenvalue weighted by molar-refractivity contribution is 5.93. The van der Waals surface area contributed by atoms with Gasteiger partial charge in [0, 0.05) is 11.9 Å². The summed E-state index contributed by atoms with van der Waals surface area (Å²) in [5.41, 5.74) is 1.83. The summed E-state index contributed by atoms with van der Waals surface area (Å²) in [6.45, 7) is 5.12. The van der Waals surface area contributed by atoms with Crippen LogP contribution in [0.3, 0.4) is 0 Å². The Bertz CT molecular complexity index is 957. The van der Waals surface area contributed by atoms with E-state index >= 15 is 0 Å². The molecule has 0 saturated heterocycles. The van der Waals surface area contributed by atoms with Crippen molar-refractivity contribution in [3.05, 3.63) is 54.1 Å². The molecular weight excluding hydrogens is 333 g/mol. The van der Waals surface area contributed by atoms with Gasteiger partial charge in [0.05, 0.1) is 11.1 Å². The van der Waals surface area contributed by atoms with Gasteiger partial charge in [0.1, 0.15) is 18.0 Å². The number of nitrogens with one attached hydrogen (secondary N) is 1. The predicted molar refractivity (Wildman–Crippen MR) is 99.8 cm³/mol. The second-order valence-electron chi connectivity index (χ2n) is 6.56. The first-order chi connectivity index (χ1) is 12.5. The Kier molecular flexibility index (Phi) is 5.11. The molecule has 3 aromatic rings. The van der Waals surface area contributed by atoms with Crippen LogP contribution in [0.5, 0.6) is 0 Å². The number of aromatic carboxylic acids is 1. The Hall–Kier alpha value is -3.02. The summed E-state index contributed by atoms with van der Waals surface area (Å²) in [7, 11) is 0. The van der Waals surface area contributed by atoms with Crippen LogP contribution in [0.2, 0.25) is 0 Å². The van der Waals surface area contributed by atoms with E-state index in [1.165, 1.54) is 18.5 Å². The topological polar surface area (TPSA) is 75.1 Å². The lowest BCUT2D eigenvalue weighted by Crippen LogP contribution is -2.07. The maximum Gasteiger partial charge on any atom is 0.338 e. The number of carbonyl (C=O) groups is 1. The van der Waals surface area contributed by atoms with E-state index < -0.39 is 11.8 Å². The van der Waals surface area contributed by atoms with Gasteiger partial charge in [0.2, 0.25) is 0 Å². The average Bonchev–Trinajstić information content (AvgIpc) is 2.61. The lowest BCUT2D eigenvalue weighted by atomic mass is 10.0. The molecule has 0 bridgehead atoms. The highest BCUT2D eigenvalue weighted by Gasteiger charge is 2.12. The van der Waals surface area contributed by atoms with E-state index in [0.717, 1.165) is 35.2 Å². The van der Waals surface area contributed by atoms with Crippen LogP contribution in [0.15, 0.2) is 42.7 Å². The number of aromatic nitrogens is 2. The summed E-state index contributed by atoms with van der Waals surface area (Å²) < 4.78 is 14.0. The van der Waals surface area contributed by atoms with Crippen molar-refractivity contribution in [3.8, 4) is 11.1 Å². The van der Waals surface area contributed by atoms with Crippen molar-refractivity contribution in [1.82, 2.24) is 9.97 Å². The van der Waals surface area contributed by atoms with E-state index in [4.69, 9.17) is 5.11 Å². The minimum absolute atomic E-state index is 0.339. The number of carboxylic acid groups (broad SMARTS) is 1. The molecule has 1 aromatic heterocycles. The van der Waals surface area contributed by atoms with Gasteiger partial charge in [0.25, 0.3) is 0 Å². The van der Waals surface area contributed by atoms with Crippen LogP contribution >= 0.6 is 0 Å². The van der Waals surface area contributed by atoms with Crippen LogP contribution in [0, 0.1) is 11.7 Å². The van der Waals surface area contributed by atoms with E-state index in [1.54, 1.807) is 6.07 Å². The molecule has 5 nitrogen and oxygen atoms in total. The molecule has 3 rings (SSSR count). The van der Waals surface area contributed by atoms with Gasteiger partial charge in [0.15, 0.2) is 0 Å². The first-order valence-electron chi connectivity index (χ1n) is 8.47. The van der Waals surface area contributed by atoms with Crippen molar-refractivity contribution < 1.29 is 14.3 Å². The number of hydrogen-bond donors (Lipinski definition) is 2. The maximum atomic E-state index is 14.0. The second kappa shape index (κ2) is 7.47. The lowest BCUT2D eigenvalue weighted by molar-refractivity contribution is 0.0692. The van der Waals surface area contributed by atoms with E-state index in [1.807, 2.05) is 18.2 Å². The number of carboxylic acids is 1. The third kappa shape index (κ3) is 3.79. The second-order valence-corrected chi connectivity index (χ2v) is 6.56. The fourth-order valence-corrected chi connectivity index (χ4v) is 2.72. The van der Waals surface area contributed by atoms with Crippen molar-refractivity contribution >= 4 is 22.7 Å². The van der Waals surface area contributed by atoms with Gasteiger partial charge >= 0.3 is 5.97 Å². The number of halogens is 1. The molecule has 0 amide bonds. The zero-order valence-electron chi connectivity index (χ0n) is 14.7. The highest BCUT2D eigenvalue weighted by Crippen LogP contribution is 2.28. The molecule has 2 aromatic carbocycles. The molecule has 0 aliphatic rings. The number of anilines is 1. The SMILES string of the molecule is CC(C)CCNc1ncnc2ccc(-c3ccc(C(=O)O)c(F)c3)cc12. The Balaban J connectivity index is 1.97. The summed E-state index contributed by atoms with van der Waals surface area (Å²) in [6, 6.07) is 9.69. The molecule has 0 atom stereocenters. The molecule has 26 heavy (non-hydrogen) atoms. The van der Waals surface area contributed by atoms with Gasteiger partial charge in [-0.1, -0.05) is 26.0 Å². The smallest absolute Gasteiger partial charge is 0.338 e. The zero-order valence-corrected chi connectivity index (χ0v) is 14.7. The number of hydrogen-bond acceptors (Lipinski definition) is 4. The number of fused-ring (bicyclic) bond motifs is 1. The third-order valence-corrected chi connectivity index (χ3v) is 4.18. The molecule has 0 saturated carbocycles. The van der Waals surface area contributed by atoms with Crippen LogP contribution in [0.25, 0.3) is 22.0 Å². The van der Waals surface area contributed by atoms with Crippen molar-refractivity contribution in [2.75, 3.05) is 11.9 Å². The van der Waals surface area contributed by atoms with Crippen molar-refractivity contribution in [2.24, 2.45) is 5.92 Å². The van der Waals surface area contributed by atoms with Gasteiger partial charge in [-0.25, -0.2) is 19.2 Å². The Labute approximate surface area is 150 Å². The van der Waals surface area contributed by atoms with E-state index in [2.05, 4.69) is 29.1 Å². The minimum Gasteiger partial charge on any atom is -0.478 e. The van der Waals surface area contributed by atoms with E-state index in [0.29, 0.717) is 11.5 Å². The predicted octanol–water partition coefficient (Wildman–Crippen LogP) is 4.59. The molecule has 0 spiro atoms. The van der Waals surface area contributed by atoms with Crippen molar-refractivity contribution in [2.45, 2.75) is 20.3 Å². The zero-order chi connectivity index (χ0) is 18.7. The summed E-state index contributed by atoms with van der Waals surface area (Å²) in [4.78, 5) is 19.6. The third-order valence-electron chi connectivity index (χ3n) is 4.18. The Morgan fingerprint density at radius 3 is 2.58 bits per heavy atom. The van der Waals surface area contributed by atoms with Crippen LogP contribution in [0.4, 0.5) is 10.2 Å². The molecule has 0 aliphatic heterocycles. The molecular formula is C20H20FN3O2. The normalized spacial score (nSPS) is 11.1. The van der Waals surface area contributed by atoms with Crippen LogP contribution < -0.4 is 5.32 Å². The molecule has 0 fully saturated rings. The molecule has 0 unspecified atom stereocenters. The van der Waals surface area contributed by atoms with Gasteiger partial charge in [-0.3, -0.25) is 0 Å². The Morgan fingerprint density at radius 1 is 1.15 bits per heavy atom. The monoisotopic (exact) mass is 353 g/mol. The lowest BCUT2D eigenvalue weighted by Gasteiger charge is -2.11. The molecule has 1 heterocycles. The van der Waals surface area contributed by atoms with E-state index in [9.17, 15) is 9.18 Å². The van der Waals surface area contributed by atoms with Gasteiger partial charge in [-0.05, 0) is 47.7 Å². The minimum atomic E-state index is -1.28. The molecule has 2 N–H and O–H groups in total. The summed E-state index contributed by atoms with van der Waals surface area (Å²) in [5, 5.41) is 13.1. The largest absolute Gasteiger partial charge is 0.478 e. The summed E-state index contributed by atoms with van der Waals surface area (Å²) >= 11 is 0. The van der Waals surface area contributed by atoms with Crippen molar-refractivity contribution in [1.29, 1.82) is 0 Å². The van der Waals surface area contributed by atoms with Crippen LogP contribution in [-0.4, -0.2) is 27.6 Å². The molecule has 0 aliphatic carbocycles. The first-order valence-corrected chi connectivity index (χ1v) is 8.47. The summed E-state index contributed by atoms with van der Waals surface area (Å²) in [6.07, 6.45) is 2.54. The average molecular weight is 353 g/mol. The first kappa shape index (κ1) is 17.8. The Morgan fingerprint density at radius 2 is 1.88 bits per heavy atom. The number of benzene rings is 2. The van der Waals surface area contributed by atoms with Crippen molar-refractivity contribution in [3.63, 3.8) is 0 Å². The number of rotatable bonds is 6. The van der Waals surface area contributed by atoms with Crippen LogP contribution in [-0.2, 0) is 0 Å². The summed E-state index contributed by atoms with van der Waals surface area (Å²) in [5.74, 6) is -0.714. The number of nitrogens with zero attached hydrogens (tertiary/aromatic N) is 2. The van der Waals surface area contributed by atoms with Gasteiger partial charge < -0.3 is 10.4 Å². The van der Waals surface area contributed by atoms with Gasteiger partial charge in [-0.2, -0.15) is 0 Å². The fourth-order valence-electron chi connectivity index (χ4n) is 2.72.